The van der Waals surface area contributed by atoms with Crippen LogP contribution in [0, 0.1) is 0 Å². The number of thioether (sulfide) groups is 1. The second kappa shape index (κ2) is 13.0. The van der Waals surface area contributed by atoms with Crippen molar-refractivity contribution in [3.05, 3.63) is 29.3 Å². The number of ketones is 1. The first-order valence-electron chi connectivity index (χ1n) is 9.58. The van der Waals surface area contributed by atoms with Crippen molar-refractivity contribution in [2.45, 2.75) is 53.4 Å². The van der Waals surface area contributed by atoms with Gasteiger partial charge in [-0.3, -0.25) is 9.79 Å². The number of carbonyl (C=O) groups excluding carboxylic acids is 2. The summed E-state index contributed by atoms with van der Waals surface area (Å²) in [5, 5.41) is 3.40. The second-order valence-electron chi connectivity index (χ2n) is 6.11. The number of anilines is 1. The van der Waals surface area contributed by atoms with Gasteiger partial charge in [-0.2, -0.15) is 4.99 Å². The number of hydrogen-bond acceptors (Lipinski definition) is 4. The molecule has 0 aromatic heterocycles. The zero-order chi connectivity index (χ0) is 20.9. The van der Waals surface area contributed by atoms with Gasteiger partial charge >= 0.3 is 6.03 Å². The highest BCUT2D eigenvalue weighted by atomic mass is 32.2. The van der Waals surface area contributed by atoms with Crippen LogP contribution in [0.2, 0.25) is 0 Å². The standard InChI is InChI=1S/C21H30N4O2S/c1-6-9-12-23-20(22-5)17-10-11-19(16(7-2)13-17)25-21(27)24-15(4)28-14-18(26)8-3/h10-13H,6-9,14H2,1-5H3,(H,25,27)/b22-20?,23-12?,24-15-. The van der Waals surface area contributed by atoms with Gasteiger partial charge in [-0.05, 0) is 43.5 Å². The highest BCUT2D eigenvalue weighted by Crippen LogP contribution is 2.20. The van der Waals surface area contributed by atoms with E-state index in [4.69, 9.17) is 0 Å². The van der Waals surface area contributed by atoms with Crippen molar-refractivity contribution >= 4 is 46.4 Å². The maximum absolute atomic E-state index is 12.2. The average Bonchev–Trinajstić information content (AvgIpc) is 2.69. The van der Waals surface area contributed by atoms with Gasteiger partial charge in [0.1, 0.15) is 5.78 Å². The van der Waals surface area contributed by atoms with E-state index in [1.54, 1.807) is 14.0 Å². The number of carbonyl (C=O) groups is 2. The molecule has 2 amide bonds. The molecule has 0 aliphatic rings. The van der Waals surface area contributed by atoms with Crippen LogP contribution in [0.15, 0.2) is 33.2 Å². The molecule has 0 heterocycles. The molecule has 0 aliphatic heterocycles. The van der Waals surface area contributed by atoms with Crippen LogP contribution in [0.1, 0.15) is 58.1 Å². The molecule has 1 aromatic rings. The Kier molecular flexibility index (Phi) is 11.0. The molecule has 0 atom stereocenters. The van der Waals surface area contributed by atoms with E-state index in [9.17, 15) is 9.59 Å². The van der Waals surface area contributed by atoms with Crippen molar-refractivity contribution in [2.75, 3.05) is 18.1 Å². The van der Waals surface area contributed by atoms with E-state index < -0.39 is 6.03 Å². The summed E-state index contributed by atoms with van der Waals surface area (Å²) < 4.78 is 0. The van der Waals surface area contributed by atoms with E-state index in [0.29, 0.717) is 23.1 Å². The zero-order valence-electron chi connectivity index (χ0n) is 17.4. The molecule has 0 fully saturated rings. The van der Waals surface area contributed by atoms with Crippen LogP contribution in [-0.4, -0.2) is 41.7 Å². The van der Waals surface area contributed by atoms with Gasteiger partial charge in [0, 0.05) is 30.9 Å². The van der Waals surface area contributed by atoms with Crippen LogP contribution < -0.4 is 5.32 Å². The molecule has 0 aliphatic carbocycles. The number of unbranched alkanes of at least 4 members (excludes halogenated alkanes) is 1. The fraction of sp³-hybridized carbons (Fsp3) is 0.476. The van der Waals surface area contributed by atoms with Crippen molar-refractivity contribution in [3.8, 4) is 0 Å². The number of rotatable bonds is 8. The van der Waals surface area contributed by atoms with Gasteiger partial charge in [-0.25, -0.2) is 9.79 Å². The average molecular weight is 403 g/mol. The lowest BCUT2D eigenvalue weighted by Crippen LogP contribution is -2.11. The monoisotopic (exact) mass is 402 g/mol. The summed E-state index contributed by atoms with van der Waals surface area (Å²) in [6, 6.07) is 5.30. The Morgan fingerprint density at radius 3 is 2.57 bits per heavy atom. The lowest BCUT2D eigenvalue weighted by atomic mass is 10.1. The first-order valence-corrected chi connectivity index (χ1v) is 10.6. The van der Waals surface area contributed by atoms with Gasteiger partial charge in [-0.15, -0.1) is 11.8 Å². The predicted octanol–water partition coefficient (Wildman–Crippen LogP) is 5.16. The molecule has 1 N–H and O–H groups in total. The van der Waals surface area contributed by atoms with Crippen molar-refractivity contribution in [2.24, 2.45) is 15.0 Å². The van der Waals surface area contributed by atoms with Crippen molar-refractivity contribution in [3.63, 3.8) is 0 Å². The third kappa shape index (κ3) is 8.17. The fourth-order valence-electron chi connectivity index (χ4n) is 2.29. The number of urea groups is 1. The van der Waals surface area contributed by atoms with Gasteiger partial charge in [-0.1, -0.05) is 27.2 Å². The van der Waals surface area contributed by atoms with E-state index in [1.807, 2.05) is 38.3 Å². The molecular formula is C21H30N4O2S. The summed E-state index contributed by atoms with van der Waals surface area (Å²) in [4.78, 5) is 36.3. The molecule has 0 radical (unpaired) electrons. The van der Waals surface area contributed by atoms with Gasteiger partial charge < -0.3 is 5.32 Å². The fourth-order valence-corrected chi connectivity index (χ4v) is 3.02. The highest BCUT2D eigenvalue weighted by Gasteiger charge is 2.10. The number of amides is 2. The number of benzene rings is 1. The predicted molar refractivity (Wildman–Crippen MR) is 122 cm³/mol. The van der Waals surface area contributed by atoms with Gasteiger partial charge in [0.25, 0.3) is 0 Å². The van der Waals surface area contributed by atoms with Crippen molar-refractivity contribution < 1.29 is 9.59 Å². The van der Waals surface area contributed by atoms with Crippen LogP contribution in [0.4, 0.5) is 10.5 Å². The number of amidine groups is 1. The van der Waals surface area contributed by atoms with E-state index in [2.05, 4.69) is 27.2 Å². The third-order valence-electron chi connectivity index (χ3n) is 3.92. The number of aliphatic imine (C=N–C) groups is 3. The summed E-state index contributed by atoms with van der Waals surface area (Å²) in [6.45, 7) is 7.68. The maximum Gasteiger partial charge on any atom is 0.346 e. The molecule has 1 aromatic carbocycles. The highest BCUT2D eigenvalue weighted by molar-refractivity contribution is 8.14. The summed E-state index contributed by atoms with van der Waals surface area (Å²) in [5.41, 5.74) is 2.62. The third-order valence-corrected chi connectivity index (χ3v) is 4.90. The number of nitrogens with one attached hydrogen (secondary N) is 1. The Hall–Kier alpha value is -2.28. The lowest BCUT2D eigenvalue weighted by molar-refractivity contribution is -0.116. The molecule has 0 unspecified atom stereocenters. The molecule has 7 heteroatoms. The van der Waals surface area contributed by atoms with Gasteiger partial charge in [0.2, 0.25) is 0 Å². The number of hydrogen-bond donors (Lipinski definition) is 1. The van der Waals surface area contributed by atoms with Gasteiger partial charge in [0.15, 0.2) is 5.84 Å². The van der Waals surface area contributed by atoms with Crippen molar-refractivity contribution in [1.82, 2.24) is 0 Å². The Labute approximate surface area is 172 Å². The lowest BCUT2D eigenvalue weighted by Gasteiger charge is -2.11. The molecule has 0 saturated carbocycles. The number of nitrogens with zero attached hydrogens (tertiary/aromatic N) is 3. The van der Waals surface area contributed by atoms with Crippen LogP contribution in [0.25, 0.3) is 0 Å². The molecular weight excluding hydrogens is 372 g/mol. The minimum absolute atomic E-state index is 0.138. The van der Waals surface area contributed by atoms with Crippen molar-refractivity contribution in [1.29, 1.82) is 0 Å². The number of Topliss-reactive ketones (excluding diaryl/α,β-unsaturated/α-hetero) is 1. The summed E-state index contributed by atoms with van der Waals surface area (Å²) >= 11 is 1.28. The normalized spacial score (nSPS) is 12.5. The second-order valence-corrected chi connectivity index (χ2v) is 7.28. The molecule has 0 bridgehead atoms. The summed E-state index contributed by atoms with van der Waals surface area (Å²) in [7, 11) is 1.72. The first kappa shape index (κ1) is 23.8. The van der Waals surface area contributed by atoms with E-state index in [0.717, 1.165) is 36.1 Å². The smallest absolute Gasteiger partial charge is 0.306 e. The largest absolute Gasteiger partial charge is 0.346 e. The quantitative estimate of drug-likeness (QED) is 0.481. The molecule has 6 nitrogen and oxygen atoms in total. The van der Waals surface area contributed by atoms with E-state index in [1.165, 1.54) is 11.8 Å². The molecule has 0 spiro atoms. The van der Waals surface area contributed by atoms with E-state index >= 15 is 0 Å². The first-order chi connectivity index (χ1) is 13.4. The minimum Gasteiger partial charge on any atom is -0.306 e. The summed E-state index contributed by atoms with van der Waals surface area (Å²) in [6.07, 6.45) is 5.07. The molecule has 152 valence electrons. The van der Waals surface area contributed by atoms with Gasteiger partial charge in [0.05, 0.1) is 10.8 Å². The Bertz CT molecular complexity index is 770. The minimum atomic E-state index is -0.443. The molecule has 0 saturated heterocycles. The summed E-state index contributed by atoms with van der Waals surface area (Å²) in [5.74, 6) is 1.15. The zero-order valence-corrected chi connectivity index (χ0v) is 18.2. The number of aryl methyl sites for hydroxylation is 1. The maximum atomic E-state index is 12.2. The topological polar surface area (TPSA) is 83.2 Å². The van der Waals surface area contributed by atoms with E-state index in [-0.39, 0.29) is 5.78 Å². The molecule has 1 rings (SSSR count). The molecule has 28 heavy (non-hydrogen) atoms. The van der Waals surface area contributed by atoms with Crippen LogP contribution in [0.5, 0.6) is 0 Å². The van der Waals surface area contributed by atoms with Crippen LogP contribution in [0.3, 0.4) is 0 Å². The van der Waals surface area contributed by atoms with Crippen LogP contribution in [-0.2, 0) is 11.2 Å². The van der Waals surface area contributed by atoms with Crippen LogP contribution >= 0.6 is 11.8 Å². The Morgan fingerprint density at radius 1 is 1.21 bits per heavy atom. The Morgan fingerprint density at radius 2 is 1.96 bits per heavy atom. The SMILES string of the molecule is CCCC=NC(=NC)c1ccc(NC(=O)/N=C(/C)SCC(=O)CC)c(CC)c1. The Balaban J connectivity index is 2.89.